The van der Waals surface area contributed by atoms with Crippen molar-refractivity contribution in [2.75, 3.05) is 6.54 Å². The fourth-order valence-electron chi connectivity index (χ4n) is 2.02. The maximum Gasteiger partial charge on any atom is 0.387 e. The van der Waals surface area contributed by atoms with Crippen LogP contribution in [0, 0.1) is 0 Å². The molecule has 4 nitrogen and oxygen atoms in total. The van der Waals surface area contributed by atoms with E-state index in [1.807, 2.05) is 5.38 Å². The van der Waals surface area contributed by atoms with Crippen LogP contribution in [0.2, 0.25) is 0 Å². The summed E-state index contributed by atoms with van der Waals surface area (Å²) in [5.41, 5.74) is 1.46. The Morgan fingerprint density at radius 2 is 2.13 bits per heavy atom. The Morgan fingerprint density at radius 1 is 1.35 bits per heavy atom. The van der Waals surface area contributed by atoms with Gasteiger partial charge >= 0.3 is 6.61 Å². The standard InChI is InChI=1S/C16H20F2N2O2S/c1-10(2)15-20-12(9-23-15)7-19-8-14(21)11-4-3-5-13(6-11)22-16(17)18/h3-6,9-10,14,16,19,21H,7-8H2,1-2H3. The molecule has 2 aromatic rings. The van der Waals surface area contributed by atoms with Crippen LogP contribution in [0.5, 0.6) is 5.75 Å². The fraction of sp³-hybridized carbons (Fsp3) is 0.438. The molecule has 0 bridgehead atoms. The largest absolute Gasteiger partial charge is 0.435 e. The molecule has 0 amide bonds. The van der Waals surface area contributed by atoms with Crippen LogP contribution in [0.1, 0.15) is 42.1 Å². The number of hydrogen-bond donors (Lipinski definition) is 2. The Kier molecular flexibility index (Phi) is 6.44. The van der Waals surface area contributed by atoms with Gasteiger partial charge in [0.05, 0.1) is 16.8 Å². The molecule has 7 heteroatoms. The highest BCUT2D eigenvalue weighted by molar-refractivity contribution is 7.09. The van der Waals surface area contributed by atoms with Crippen molar-refractivity contribution in [1.82, 2.24) is 10.3 Å². The van der Waals surface area contributed by atoms with E-state index < -0.39 is 12.7 Å². The zero-order valence-corrected chi connectivity index (χ0v) is 13.8. The highest BCUT2D eigenvalue weighted by Gasteiger charge is 2.11. The molecule has 0 spiro atoms. The fourth-order valence-corrected chi connectivity index (χ4v) is 2.86. The number of halogens is 2. The Morgan fingerprint density at radius 3 is 2.78 bits per heavy atom. The number of nitrogens with one attached hydrogen (secondary N) is 1. The second-order valence-electron chi connectivity index (χ2n) is 5.43. The molecule has 1 heterocycles. The van der Waals surface area contributed by atoms with Crippen LogP contribution in [-0.4, -0.2) is 23.2 Å². The summed E-state index contributed by atoms with van der Waals surface area (Å²) in [6, 6.07) is 6.09. The minimum Gasteiger partial charge on any atom is -0.435 e. The Balaban J connectivity index is 1.85. The Bertz CT molecular complexity index is 620. The summed E-state index contributed by atoms with van der Waals surface area (Å²) in [6.45, 7) is 2.16. The molecule has 0 fully saturated rings. The molecule has 2 rings (SSSR count). The van der Waals surface area contributed by atoms with Gasteiger partial charge in [0.15, 0.2) is 0 Å². The first kappa shape index (κ1) is 17.8. The van der Waals surface area contributed by atoms with Gasteiger partial charge in [-0.25, -0.2) is 4.98 Å². The van der Waals surface area contributed by atoms with Gasteiger partial charge in [0.2, 0.25) is 0 Å². The Hall–Kier alpha value is -1.57. The molecule has 1 unspecified atom stereocenters. The summed E-state index contributed by atoms with van der Waals surface area (Å²) in [7, 11) is 0. The van der Waals surface area contributed by atoms with Gasteiger partial charge in [-0.05, 0) is 17.7 Å². The summed E-state index contributed by atoms with van der Waals surface area (Å²) in [5.74, 6) is 0.439. The number of aromatic nitrogens is 1. The normalized spacial score (nSPS) is 12.8. The average Bonchev–Trinajstić information content (AvgIpc) is 2.96. The number of aliphatic hydroxyl groups is 1. The van der Waals surface area contributed by atoms with E-state index in [9.17, 15) is 13.9 Å². The molecule has 0 saturated heterocycles. The van der Waals surface area contributed by atoms with Crippen molar-refractivity contribution in [1.29, 1.82) is 0 Å². The molecule has 0 saturated carbocycles. The molecule has 0 aliphatic heterocycles. The van der Waals surface area contributed by atoms with Crippen LogP contribution in [0.3, 0.4) is 0 Å². The van der Waals surface area contributed by atoms with Gasteiger partial charge in [-0.2, -0.15) is 8.78 Å². The maximum atomic E-state index is 12.2. The topological polar surface area (TPSA) is 54.4 Å². The van der Waals surface area contributed by atoms with E-state index in [2.05, 4.69) is 28.9 Å². The molecule has 1 aromatic carbocycles. The van der Waals surface area contributed by atoms with Crippen molar-refractivity contribution >= 4 is 11.3 Å². The highest BCUT2D eigenvalue weighted by atomic mass is 32.1. The van der Waals surface area contributed by atoms with E-state index in [4.69, 9.17) is 0 Å². The molecule has 2 N–H and O–H groups in total. The Labute approximate surface area is 138 Å². The number of ether oxygens (including phenoxy) is 1. The van der Waals surface area contributed by atoms with Crippen LogP contribution >= 0.6 is 11.3 Å². The number of alkyl halides is 2. The third-order valence-corrected chi connectivity index (χ3v) is 4.37. The van der Waals surface area contributed by atoms with E-state index in [0.29, 0.717) is 24.6 Å². The van der Waals surface area contributed by atoms with Crippen LogP contribution < -0.4 is 10.1 Å². The smallest absolute Gasteiger partial charge is 0.387 e. The summed E-state index contributed by atoms with van der Waals surface area (Å²) < 4.78 is 28.7. The zero-order valence-electron chi connectivity index (χ0n) is 13.0. The highest BCUT2D eigenvalue weighted by Crippen LogP contribution is 2.21. The molecule has 0 aliphatic rings. The summed E-state index contributed by atoms with van der Waals surface area (Å²) >= 11 is 1.62. The molecule has 1 atom stereocenters. The van der Waals surface area contributed by atoms with Gasteiger partial charge in [-0.3, -0.25) is 0 Å². The van der Waals surface area contributed by atoms with Crippen molar-refractivity contribution < 1.29 is 18.6 Å². The summed E-state index contributed by atoms with van der Waals surface area (Å²) in [6.07, 6.45) is -0.806. The summed E-state index contributed by atoms with van der Waals surface area (Å²) in [4.78, 5) is 4.50. The lowest BCUT2D eigenvalue weighted by molar-refractivity contribution is -0.0499. The lowest BCUT2D eigenvalue weighted by Crippen LogP contribution is -2.21. The third-order valence-electron chi connectivity index (χ3n) is 3.18. The number of rotatable bonds is 8. The lowest BCUT2D eigenvalue weighted by Gasteiger charge is -2.13. The van der Waals surface area contributed by atoms with Crippen molar-refractivity contribution in [3.63, 3.8) is 0 Å². The van der Waals surface area contributed by atoms with Crippen molar-refractivity contribution in [3.05, 3.63) is 45.9 Å². The van der Waals surface area contributed by atoms with Crippen LogP contribution in [-0.2, 0) is 6.54 Å². The lowest BCUT2D eigenvalue weighted by atomic mass is 10.1. The first-order valence-corrected chi connectivity index (χ1v) is 8.21. The molecule has 126 valence electrons. The number of thiazole rings is 1. The number of nitrogens with zero attached hydrogens (tertiary/aromatic N) is 1. The molecule has 1 aromatic heterocycles. The number of hydrogen-bond acceptors (Lipinski definition) is 5. The van der Waals surface area contributed by atoms with Crippen molar-refractivity contribution in [3.8, 4) is 5.75 Å². The van der Waals surface area contributed by atoms with Crippen molar-refractivity contribution in [2.45, 2.75) is 39.0 Å². The van der Waals surface area contributed by atoms with Crippen LogP contribution in [0.25, 0.3) is 0 Å². The predicted octanol–water partition coefficient (Wildman–Crippen LogP) is 3.69. The van der Waals surface area contributed by atoms with E-state index in [-0.39, 0.29) is 5.75 Å². The number of aliphatic hydroxyl groups excluding tert-OH is 1. The van der Waals surface area contributed by atoms with Crippen molar-refractivity contribution in [2.24, 2.45) is 0 Å². The SMILES string of the molecule is CC(C)c1nc(CNCC(O)c2cccc(OC(F)F)c2)cs1. The quantitative estimate of drug-likeness (QED) is 0.768. The van der Waals surface area contributed by atoms with Gasteiger partial charge in [-0.1, -0.05) is 26.0 Å². The van der Waals surface area contributed by atoms with Gasteiger partial charge in [0.1, 0.15) is 5.75 Å². The van der Waals surface area contributed by atoms with Gasteiger partial charge in [-0.15, -0.1) is 11.3 Å². The van der Waals surface area contributed by atoms with Crippen LogP contribution in [0.4, 0.5) is 8.78 Å². The van der Waals surface area contributed by atoms with Gasteiger partial charge < -0.3 is 15.2 Å². The monoisotopic (exact) mass is 342 g/mol. The third kappa shape index (κ3) is 5.53. The first-order chi connectivity index (χ1) is 11.0. The first-order valence-electron chi connectivity index (χ1n) is 7.33. The van der Waals surface area contributed by atoms with E-state index in [1.165, 1.54) is 12.1 Å². The second-order valence-corrected chi connectivity index (χ2v) is 6.32. The van der Waals surface area contributed by atoms with Crippen LogP contribution in [0.15, 0.2) is 29.6 Å². The zero-order chi connectivity index (χ0) is 16.8. The maximum absolute atomic E-state index is 12.2. The van der Waals surface area contributed by atoms with Gasteiger partial charge in [0, 0.05) is 24.4 Å². The molecule has 0 radical (unpaired) electrons. The van der Waals surface area contributed by atoms with E-state index in [0.717, 1.165) is 10.7 Å². The number of benzene rings is 1. The second kappa shape index (κ2) is 8.33. The van der Waals surface area contributed by atoms with E-state index in [1.54, 1.807) is 23.5 Å². The molecular formula is C16H20F2N2O2S. The van der Waals surface area contributed by atoms with E-state index >= 15 is 0 Å². The summed E-state index contributed by atoms with van der Waals surface area (Å²) in [5, 5.41) is 16.3. The minimum absolute atomic E-state index is 0.0395. The average molecular weight is 342 g/mol. The molecular weight excluding hydrogens is 322 g/mol. The predicted molar refractivity (Wildman–Crippen MR) is 85.9 cm³/mol. The minimum atomic E-state index is -2.87. The molecule has 23 heavy (non-hydrogen) atoms. The van der Waals surface area contributed by atoms with Gasteiger partial charge in [0.25, 0.3) is 0 Å². The molecule has 0 aliphatic carbocycles.